The number of hydrogen-bond donors (Lipinski definition) is 2. The number of phenols is 1. The summed E-state index contributed by atoms with van der Waals surface area (Å²) in [4.78, 5) is 4.38. The molecule has 2 aromatic carbocycles. The first-order valence-corrected chi connectivity index (χ1v) is 11.5. The van der Waals surface area contributed by atoms with Gasteiger partial charge in [0.1, 0.15) is 21.3 Å². The van der Waals surface area contributed by atoms with E-state index in [-0.39, 0.29) is 9.96 Å². The lowest BCUT2D eigenvalue weighted by molar-refractivity contribution is 0.158. The topological polar surface area (TPSA) is 88.0 Å². The molecule has 8 heteroatoms. The van der Waals surface area contributed by atoms with Crippen molar-refractivity contribution in [1.29, 1.82) is 0 Å². The predicted molar refractivity (Wildman–Crippen MR) is 121 cm³/mol. The number of aliphatic imine (C=N–C) groups is 1. The molecular formula is C22H20N2O4S2. The highest BCUT2D eigenvalue weighted by molar-refractivity contribution is 7.94. The number of nitrogens with zero attached hydrogens (tertiary/aromatic N) is 1. The van der Waals surface area contributed by atoms with E-state index in [1.165, 1.54) is 0 Å². The predicted octanol–water partition coefficient (Wildman–Crippen LogP) is 5.19. The summed E-state index contributed by atoms with van der Waals surface area (Å²) in [6.45, 7) is 3.89. The van der Waals surface area contributed by atoms with E-state index < -0.39 is 15.6 Å². The summed E-state index contributed by atoms with van der Waals surface area (Å²) in [5.41, 5.74) is 1.84. The summed E-state index contributed by atoms with van der Waals surface area (Å²) in [6.07, 6.45) is 5.31. The second-order valence-corrected chi connectivity index (χ2v) is 10.2. The van der Waals surface area contributed by atoms with Crippen molar-refractivity contribution in [2.24, 2.45) is 4.99 Å². The summed E-state index contributed by atoms with van der Waals surface area (Å²) in [6, 6.07) is 13.5. The van der Waals surface area contributed by atoms with Crippen LogP contribution in [0.1, 0.15) is 25.0 Å². The van der Waals surface area contributed by atoms with Gasteiger partial charge in [0.05, 0.1) is 11.3 Å². The number of ether oxygens (including phenoxy) is 1. The first kappa shape index (κ1) is 20.2. The zero-order valence-electron chi connectivity index (χ0n) is 16.4. The molecule has 0 unspecified atom stereocenters. The lowest BCUT2D eigenvalue weighted by Crippen LogP contribution is -2.27. The van der Waals surface area contributed by atoms with Crippen LogP contribution in [0, 0.1) is 0 Å². The van der Waals surface area contributed by atoms with E-state index in [4.69, 9.17) is 4.74 Å². The van der Waals surface area contributed by atoms with Gasteiger partial charge in [-0.05, 0) is 73.8 Å². The molecule has 0 amide bonds. The lowest BCUT2D eigenvalue weighted by Gasteiger charge is -2.28. The van der Waals surface area contributed by atoms with E-state index in [2.05, 4.69) is 9.71 Å². The highest BCUT2D eigenvalue weighted by Crippen LogP contribution is 2.38. The first-order chi connectivity index (χ1) is 14.2. The Morgan fingerprint density at radius 3 is 2.60 bits per heavy atom. The Hall–Kier alpha value is -3.10. The molecule has 2 N–H and O–H groups in total. The van der Waals surface area contributed by atoms with Crippen LogP contribution in [0.5, 0.6) is 11.5 Å². The number of benzene rings is 2. The number of nitrogens with one attached hydrogen (secondary N) is 1. The van der Waals surface area contributed by atoms with Gasteiger partial charge >= 0.3 is 0 Å². The van der Waals surface area contributed by atoms with Crippen molar-refractivity contribution < 1.29 is 18.3 Å². The molecule has 0 bridgehead atoms. The minimum absolute atomic E-state index is 0.100. The Balaban J connectivity index is 1.50. The second-order valence-electron chi connectivity index (χ2n) is 7.30. The van der Waals surface area contributed by atoms with E-state index in [0.717, 1.165) is 11.3 Å². The van der Waals surface area contributed by atoms with Gasteiger partial charge in [-0.25, -0.2) is 8.42 Å². The van der Waals surface area contributed by atoms with Crippen molar-refractivity contribution in [3.8, 4) is 11.5 Å². The van der Waals surface area contributed by atoms with Gasteiger partial charge in [-0.15, -0.1) is 11.3 Å². The molecule has 0 saturated carbocycles. The van der Waals surface area contributed by atoms with E-state index in [9.17, 15) is 13.5 Å². The molecule has 0 saturated heterocycles. The minimum atomic E-state index is -3.58. The van der Waals surface area contributed by atoms with Crippen molar-refractivity contribution in [3.05, 3.63) is 71.1 Å². The molecule has 2 heterocycles. The zero-order chi connectivity index (χ0) is 21.4. The summed E-state index contributed by atoms with van der Waals surface area (Å²) < 4.78 is 33.2. The van der Waals surface area contributed by atoms with Crippen LogP contribution in [0.2, 0.25) is 0 Å². The average molecular weight is 441 g/mol. The molecule has 0 fully saturated rings. The molecule has 0 spiro atoms. The van der Waals surface area contributed by atoms with E-state index in [1.54, 1.807) is 54.1 Å². The van der Waals surface area contributed by atoms with Crippen LogP contribution in [0.25, 0.3) is 6.08 Å². The highest BCUT2D eigenvalue weighted by atomic mass is 32.2. The van der Waals surface area contributed by atoms with Gasteiger partial charge in [0.15, 0.2) is 0 Å². The maximum absolute atomic E-state index is 12.3. The van der Waals surface area contributed by atoms with Crippen LogP contribution < -0.4 is 9.46 Å². The van der Waals surface area contributed by atoms with Gasteiger partial charge in [0.2, 0.25) is 0 Å². The monoisotopic (exact) mass is 440 g/mol. The standard InChI is InChI=1S/C22H20N2O4S2/c1-22(2)12-11-18-19(28-22)10-5-15(21(18)25)14-23-16-6-8-17(9-7-16)24-30(26,27)20-4-3-13-29-20/h3-14,24-25H,1-2H3/b23-14+. The van der Waals surface area contributed by atoms with Crippen LogP contribution in [0.4, 0.5) is 11.4 Å². The normalized spacial score (nSPS) is 15.0. The molecule has 30 heavy (non-hydrogen) atoms. The summed E-state index contributed by atoms with van der Waals surface area (Å²) in [5.74, 6) is 0.725. The average Bonchev–Trinajstić information content (AvgIpc) is 3.23. The third-order valence-electron chi connectivity index (χ3n) is 4.46. The SMILES string of the molecule is CC1(C)C=Cc2c(ccc(/C=N/c3ccc(NS(=O)(=O)c4cccs4)cc3)c2O)O1. The maximum atomic E-state index is 12.3. The quantitative estimate of drug-likeness (QED) is 0.535. The Morgan fingerprint density at radius 2 is 1.90 bits per heavy atom. The van der Waals surface area contributed by atoms with Crippen molar-refractivity contribution in [2.45, 2.75) is 23.7 Å². The number of anilines is 1. The number of fused-ring (bicyclic) bond motifs is 1. The Kier molecular flexibility index (Phi) is 5.13. The largest absolute Gasteiger partial charge is 0.506 e. The molecule has 0 aliphatic carbocycles. The lowest BCUT2D eigenvalue weighted by atomic mass is 10.00. The maximum Gasteiger partial charge on any atom is 0.271 e. The molecule has 6 nitrogen and oxygen atoms in total. The number of hydrogen-bond acceptors (Lipinski definition) is 6. The van der Waals surface area contributed by atoms with Gasteiger partial charge < -0.3 is 9.84 Å². The van der Waals surface area contributed by atoms with Gasteiger partial charge in [-0.1, -0.05) is 6.07 Å². The van der Waals surface area contributed by atoms with Gasteiger partial charge in [0.25, 0.3) is 10.0 Å². The molecule has 4 rings (SSSR count). The second kappa shape index (κ2) is 7.62. The molecule has 3 aromatic rings. The fourth-order valence-electron chi connectivity index (χ4n) is 2.94. The first-order valence-electron chi connectivity index (χ1n) is 9.18. The Labute approximate surface area is 179 Å². The number of sulfonamides is 1. The molecule has 0 radical (unpaired) electrons. The molecule has 1 aromatic heterocycles. The summed E-state index contributed by atoms with van der Waals surface area (Å²) >= 11 is 1.16. The van der Waals surface area contributed by atoms with E-state index in [1.807, 2.05) is 32.1 Å². The van der Waals surface area contributed by atoms with Crippen molar-refractivity contribution >= 4 is 45.0 Å². The van der Waals surface area contributed by atoms with E-state index >= 15 is 0 Å². The van der Waals surface area contributed by atoms with Crippen LogP contribution in [0.3, 0.4) is 0 Å². The Bertz CT molecular complexity index is 1230. The fraction of sp³-hybridized carbons (Fsp3) is 0.136. The van der Waals surface area contributed by atoms with Crippen LogP contribution in [0.15, 0.2) is 69.2 Å². The zero-order valence-corrected chi connectivity index (χ0v) is 18.0. The summed E-state index contributed by atoms with van der Waals surface area (Å²) in [5, 5.41) is 12.3. The third-order valence-corrected chi connectivity index (χ3v) is 7.24. The van der Waals surface area contributed by atoms with Crippen molar-refractivity contribution in [3.63, 3.8) is 0 Å². The van der Waals surface area contributed by atoms with Gasteiger partial charge in [0, 0.05) is 17.5 Å². The molecule has 154 valence electrons. The van der Waals surface area contributed by atoms with Crippen LogP contribution in [-0.2, 0) is 10.0 Å². The molecular weight excluding hydrogens is 420 g/mol. The molecule has 1 aliphatic rings. The third kappa shape index (κ3) is 4.24. The number of rotatable bonds is 5. The van der Waals surface area contributed by atoms with Gasteiger partial charge in [-0.3, -0.25) is 9.71 Å². The number of aromatic hydroxyl groups is 1. The molecule has 0 atom stereocenters. The van der Waals surface area contributed by atoms with Gasteiger partial charge in [-0.2, -0.15) is 0 Å². The number of thiophene rings is 1. The summed E-state index contributed by atoms with van der Waals surface area (Å²) in [7, 11) is -3.58. The minimum Gasteiger partial charge on any atom is -0.506 e. The fourth-order valence-corrected chi connectivity index (χ4v) is 4.99. The Morgan fingerprint density at radius 1 is 1.13 bits per heavy atom. The smallest absolute Gasteiger partial charge is 0.271 e. The van der Waals surface area contributed by atoms with Crippen molar-refractivity contribution in [1.82, 2.24) is 0 Å². The highest BCUT2D eigenvalue weighted by Gasteiger charge is 2.24. The van der Waals surface area contributed by atoms with Crippen molar-refractivity contribution in [2.75, 3.05) is 4.72 Å². The van der Waals surface area contributed by atoms with Crippen LogP contribution in [-0.4, -0.2) is 25.3 Å². The number of phenolic OH excluding ortho intramolecular Hbond substituents is 1. The van der Waals surface area contributed by atoms with E-state index in [0.29, 0.717) is 28.3 Å². The molecule has 1 aliphatic heterocycles. The van der Waals surface area contributed by atoms with Crippen LogP contribution >= 0.6 is 11.3 Å².